The SMILES string of the molecule is CNCCN/C(C)=C\C(=O)c1ccccc1. The number of allylic oxidation sites excluding steroid dienone is 2. The molecule has 0 atom stereocenters. The summed E-state index contributed by atoms with van der Waals surface area (Å²) in [7, 11) is 1.90. The van der Waals surface area contributed by atoms with Crippen molar-refractivity contribution in [3.05, 3.63) is 47.7 Å². The molecule has 0 heterocycles. The molecule has 3 nitrogen and oxygen atoms in total. The van der Waals surface area contributed by atoms with Crippen molar-refractivity contribution in [1.82, 2.24) is 10.6 Å². The highest BCUT2D eigenvalue weighted by Gasteiger charge is 2.01. The molecule has 0 radical (unpaired) electrons. The Morgan fingerprint density at radius 2 is 1.94 bits per heavy atom. The number of nitrogens with one attached hydrogen (secondary N) is 2. The zero-order valence-corrected chi connectivity index (χ0v) is 9.79. The first-order chi connectivity index (χ1) is 7.74. The van der Waals surface area contributed by atoms with E-state index in [-0.39, 0.29) is 5.78 Å². The highest BCUT2D eigenvalue weighted by molar-refractivity contribution is 6.04. The lowest BCUT2D eigenvalue weighted by Gasteiger charge is -2.05. The van der Waals surface area contributed by atoms with Gasteiger partial charge in [0.15, 0.2) is 5.78 Å². The second-order valence-electron chi connectivity index (χ2n) is 3.59. The minimum Gasteiger partial charge on any atom is -0.387 e. The summed E-state index contributed by atoms with van der Waals surface area (Å²) in [4.78, 5) is 11.8. The van der Waals surface area contributed by atoms with Crippen LogP contribution in [0.1, 0.15) is 17.3 Å². The number of likely N-dealkylation sites (N-methyl/N-ethyl adjacent to an activating group) is 1. The monoisotopic (exact) mass is 218 g/mol. The zero-order valence-electron chi connectivity index (χ0n) is 9.79. The maximum Gasteiger partial charge on any atom is 0.187 e. The second-order valence-corrected chi connectivity index (χ2v) is 3.59. The lowest BCUT2D eigenvalue weighted by atomic mass is 10.1. The smallest absolute Gasteiger partial charge is 0.187 e. The molecule has 0 unspecified atom stereocenters. The van der Waals surface area contributed by atoms with Gasteiger partial charge in [-0.1, -0.05) is 30.3 Å². The van der Waals surface area contributed by atoms with Gasteiger partial charge in [-0.15, -0.1) is 0 Å². The van der Waals surface area contributed by atoms with Crippen molar-refractivity contribution in [3.63, 3.8) is 0 Å². The fourth-order valence-electron chi connectivity index (χ4n) is 1.32. The first kappa shape index (κ1) is 12.5. The third-order valence-corrected chi connectivity index (χ3v) is 2.18. The maximum absolute atomic E-state index is 11.8. The molecule has 3 heteroatoms. The van der Waals surface area contributed by atoms with E-state index in [0.717, 1.165) is 24.4 Å². The first-order valence-electron chi connectivity index (χ1n) is 5.40. The Kier molecular flexibility index (Phi) is 5.29. The molecule has 0 aliphatic rings. The number of benzene rings is 1. The van der Waals surface area contributed by atoms with E-state index in [0.29, 0.717) is 0 Å². The average Bonchev–Trinajstić information content (AvgIpc) is 2.30. The van der Waals surface area contributed by atoms with E-state index in [4.69, 9.17) is 0 Å². The number of carbonyl (C=O) groups is 1. The predicted molar refractivity (Wildman–Crippen MR) is 66.5 cm³/mol. The predicted octanol–water partition coefficient (Wildman–Crippen LogP) is 1.58. The summed E-state index contributed by atoms with van der Waals surface area (Å²) >= 11 is 0. The molecule has 2 N–H and O–H groups in total. The highest BCUT2D eigenvalue weighted by Crippen LogP contribution is 2.02. The van der Waals surface area contributed by atoms with Crippen molar-refractivity contribution >= 4 is 5.78 Å². The minimum atomic E-state index is 0.0371. The summed E-state index contributed by atoms with van der Waals surface area (Å²) in [6, 6.07) is 9.27. The fourth-order valence-corrected chi connectivity index (χ4v) is 1.32. The van der Waals surface area contributed by atoms with Crippen LogP contribution >= 0.6 is 0 Å². The first-order valence-corrected chi connectivity index (χ1v) is 5.40. The molecule has 16 heavy (non-hydrogen) atoms. The van der Waals surface area contributed by atoms with E-state index in [9.17, 15) is 4.79 Å². The second kappa shape index (κ2) is 6.80. The molecule has 0 aliphatic carbocycles. The molecule has 0 spiro atoms. The van der Waals surface area contributed by atoms with Gasteiger partial charge in [0.25, 0.3) is 0 Å². The Labute approximate surface area is 96.6 Å². The van der Waals surface area contributed by atoms with Gasteiger partial charge >= 0.3 is 0 Å². The van der Waals surface area contributed by atoms with Gasteiger partial charge in [0.1, 0.15) is 0 Å². The molecule has 86 valence electrons. The largest absolute Gasteiger partial charge is 0.387 e. The third kappa shape index (κ3) is 4.28. The van der Waals surface area contributed by atoms with Crippen LogP contribution in [0.3, 0.4) is 0 Å². The van der Waals surface area contributed by atoms with E-state index in [1.54, 1.807) is 6.08 Å². The Morgan fingerprint density at radius 1 is 1.25 bits per heavy atom. The molecule has 0 aromatic heterocycles. The van der Waals surface area contributed by atoms with Crippen molar-refractivity contribution < 1.29 is 4.79 Å². The molecular formula is C13H18N2O. The number of hydrogen-bond donors (Lipinski definition) is 2. The molecule has 0 amide bonds. The molecule has 0 aliphatic heterocycles. The maximum atomic E-state index is 11.8. The topological polar surface area (TPSA) is 41.1 Å². The van der Waals surface area contributed by atoms with Crippen molar-refractivity contribution in [2.24, 2.45) is 0 Å². The molecule has 0 bridgehead atoms. The summed E-state index contributed by atoms with van der Waals surface area (Å²) in [5, 5.41) is 6.20. The summed E-state index contributed by atoms with van der Waals surface area (Å²) < 4.78 is 0. The molecular weight excluding hydrogens is 200 g/mol. The summed E-state index contributed by atoms with van der Waals surface area (Å²) in [6.07, 6.45) is 1.63. The van der Waals surface area contributed by atoms with Gasteiger partial charge in [-0.05, 0) is 14.0 Å². The quantitative estimate of drug-likeness (QED) is 0.433. The number of ketones is 1. The fraction of sp³-hybridized carbons (Fsp3) is 0.308. The third-order valence-electron chi connectivity index (χ3n) is 2.18. The standard InChI is InChI=1S/C13H18N2O/c1-11(15-9-8-14-2)10-13(16)12-6-4-3-5-7-12/h3-7,10,14-15H,8-9H2,1-2H3/b11-10-. The molecule has 0 saturated heterocycles. The van der Waals surface area contributed by atoms with Crippen LogP contribution in [0.25, 0.3) is 0 Å². The zero-order chi connectivity index (χ0) is 11.8. The van der Waals surface area contributed by atoms with Crippen molar-refractivity contribution in [2.75, 3.05) is 20.1 Å². The van der Waals surface area contributed by atoms with Gasteiger partial charge in [-0.3, -0.25) is 4.79 Å². The van der Waals surface area contributed by atoms with Gasteiger partial charge in [-0.25, -0.2) is 0 Å². The molecule has 0 fully saturated rings. The van der Waals surface area contributed by atoms with Crippen LogP contribution in [0.15, 0.2) is 42.1 Å². The van der Waals surface area contributed by atoms with Crippen LogP contribution in [0.4, 0.5) is 0 Å². The van der Waals surface area contributed by atoms with Gasteiger partial charge in [0.05, 0.1) is 0 Å². The van der Waals surface area contributed by atoms with Crippen LogP contribution in [0, 0.1) is 0 Å². The van der Waals surface area contributed by atoms with Gasteiger partial charge in [-0.2, -0.15) is 0 Å². The Balaban J connectivity index is 2.52. The van der Waals surface area contributed by atoms with Gasteiger partial charge < -0.3 is 10.6 Å². The van der Waals surface area contributed by atoms with Crippen LogP contribution in [-0.2, 0) is 0 Å². The van der Waals surface area contributed by atoms with Gasteiger partial charge in [0.2, 0.25) is 0 Å². The minimum absolute atomic E-state index is 0.0371. The van der Waals surface area contributed by atoms with Crippen molar-refractivity contribution in [2.45, 2.75) is 6.92 Å². The molecule has 1 aromatic carbocycles. The summed E-state index contributed by atoms with van der Waals surface area (Å²) in [5.74, 6) is 0.0371. The Bertz CT molecular complexity index is 357. The normalized spacial score (nSPS) is 11.2. The lowest BCUT2D eigenvalue weighted by Crippen LogP contribution is -2.23. The summed E-state index contributed by atoms with van der Waals surface area (Å²) in [5.41, 5.74) is 1.61. The van der Waals surface area contributed by atoms with Crippen LogP contribution in [0.2, 0.25) is 0 Å². The van der Waals surface area contributed by atoms with Crippen LogP contribution < -0.4 is 10.6 Å². The molecule has 0 saturated carbocycles. The lowest BCUT2D eigenvalue weighted by molar-refractivity contribution is 0.104. The number of hydrogen-bond acceptors (Lipinski definition) is 3. The average molecular weight is 218 g/mol. The number of carbonyl (C=O) groups excluding carboxylic acids is 1. The van der Waals surface area contributed by atoms with E-state index < -0.39 is 0 Å². The van der Waals surface area contributed by atoms with Crippen LogP contribution in [0.5, 0.6) is 0 Å². The summed E-state index contributed by atoms with van der Waals surface area (Å²) in [6.45, 7) is 3.60. The van der Waals surface area contributed by atoms with Gasteiger partial charge in [0, 0.05) is 30.4 Å². The van der Waals surface area contributed by atoms with Crippen LogP contribution in [-0.4, -0.2) is 25.9 Å². The van der Waals surface area contributed by atoms with E-state index in [2.05, 4.69) is 10.6 Å². The molecule has 1 aromatic rings. The Morgan fingerprint density at radius 3 is 2.56 bits per heavy atom. The van der Waals surface area contributed by atoms with Crippen molar-refractivity contribution in [3.8, 4) is 0 Å². The molecule has 1 rings (SSSR count). The van der Waals surface area contributed by atoms with E-state index >= 15 is 0 Å². The number of rotatable bonds is 6. The Hall–Kier alpha value is -1.61. The van der Waals surface area contributed by atoms with E-state index in [1.165, 1.54) is 0 Å². The van der Waals surface area contributed by atoms with E-state index in [1.807, 2.05) is 44.3 Å². The van der Waals surface area contributed by atoms with Crippen molar-refractivity contribution in [1.29, 1.82) is 0 Å². The highest BCUT2D eigenvalue weighted by atomic mass is 16.1.